The van der Waals surface area contributed by atoms with Crippen molar-refractivity contribution in [3.63, 3.8) is 0 Å². The molecular formula is C29H31NO11S. The fraction of sp³-hybridized carbons (Fsp3) is 0.483. The zero-order chi connectivity index (χ0) is 30.3. The van der Waals surface area contributed by atoms with Gasteiger partial charge in [-0.25, -0.2) is 0 Å². The number of aromatic hydroxyl groups is 2. The smallest absolute Gasteiger partial charge is 0.264 e. The van der Waals surface area contributed by atoms with E-state index in [1.165, 1.54) is 19.1 Å². The van der Waals surface area contributed by atoms with Gasteiger partial charge < -0.3 is 24.8 Å². The summed E-state index contributed by atoms with van der Waals surface area (Å²) >= 11 is 0. The number of benzene rings is 2. The van der Waals surface area contributed by atoms with E-state index < -0.39 is 81.2 Å². The van der Waals surface area contributed by atoms with Crippen LogP contribution in [0.25, 0.3) is 0 Å². The van der Waals surface area contributed by atoms with Gasteiger partial charge in [-0.3, -0.25) is 23.5 Å². The zero-order valence-corrected chi connectivity index (χ0v) is 24.0. The van der Waals surface area contributed by atoms with Crippen LogP contribution >= 0.6 is 0 Å². The Hall–Kier alpha value is -3.20. The number of Topliss-reactive ketones (excluding diaryl/α,β-unsaturated/α-hetero) is 1. The van der Waals surface area contributed by atoms with Gasteiger partial charge in [-0.15, -0.1) is 0 Å². The molecule has 2 aliphatic carbocycles. The minimum Gasteiger partial charge on any atom is -0.507 e. The van der Waals surface area contributed by atoms with Gasteiger partial charge in [0, 0.05) is 60.6 Å². The quantitative estimate of drug-likeness (QED) is 0.210. The van der Waals surface area contributed by atoms with Gasteiger partial charge in [0.1, 0.15) is 23.2 Å². The summed E-state index contributed by atoms with van der Waals surface area (Å²) in [5, 5.41) is 34.3. The molecule has 6 rings (SSSR count). The number of aliphatic hydroxyl groups is 1. The van der Waals surface area contributed by atoms with Gasteiger partial charge in [-0.1, -0.05) is 24.3 Å². The molecule has 3 N–H and O–H groups in total. The van der Waals surface area contributed by atoms with Gasteiger partial charge in [0.15, 0.2) is 23.6 Å². The molecule has 0 amide bonds. The highest BCUT2D eigenvalue weighted by atomic mass is 32.2. The molecule has 2 fully saturated rings. The minimum atomic E-state index is -3.79. The lowest BCUT2D eigenvalue weighted by Crippen LogP contribution is -2.53. The Balaban J connectivity index is 1.42. The van der Waals surface area contributed by atoms with Crippen LogP contribution in [0.2, 0.25) is 0 Å². The summed E-state index contributed by atoms with van der Waals surface area (Å²) in [7, 11) is -3.79. The maximum absolute atomic E-state index is 13.5. The zero-order valence-electron chi connectivity index (χ0n) is 23.2. The summed E-state index contributed by atoms with van der Waals surface area (Å²) in [6, 6.07) is 5.67. The normalized spacial score (nSPS) is 30.8. The van der Waals surface area contributed by atoms with Crippen molar-refractivity contribution >= 4 is 27.5 Å². The lowest BCUT2D eigenvalue weighted by Gasteiger charge is -2.43. The number of phenolic OH excluding ortho intramolecular Hbond substituents is 2. The molecule has 2 heterocycles. The number of nitrogens with zero attached hydrogens (tertiary/aromatic N) is 1. The first-order valence-corrected chi connectivity index (χ1v) is 15.5. The van der Waals surface area contributed by atoms with Crippen molar-refractivity contribution in [3.8, 4) is 11.5 Å². The second kappa shape index (κ2) is 9.93. The predicted octanol–water partition coefficient (Wildman–Crippen LogP) is 1.36. The van der Waals surface area contributed by atoms with E-state index in [9.17, 15) is 38.1 Å². The number of rotatable bonds is 6. The predicted molar refractivity (Wildman–Crippen MR) is 145 cm³/mol. The summed E-state index contributed by atoms with van der Waals surface area (Å²) in [6.07, 6.45) is -3.39. The summed E-state index contributed by atoms with van der Waals surface area (Å²) in [6.45, 7) is 4.28. The van der Waals surface area contributed by atoms with Crippen LogP contribution in [0.15, 0.2) is 24.3 Å². The van der Waals surface area contributed by atoms with Gasteiger partial charge in [-0.2, -0.15) is 8.42 Å². The summed E-state index contributed by atoms with van der Waals surface area (Å²) in [5.41, 5.74) is -2.76. The molecule has 2 aromatic carbocycles. The Bertz CT molecular complexity index is 1630. The second-order valence-electron chi connectivity index (χ2n) is 11.5. The molecular weight excluding hydrogens is 570 g/mol. The Kier molecular flexibility index (Phi) is 6.83. The van der Waals surface area contributed by atoms with Crippen molar-refractivity contribution in [3.05, 3.63) is 57.6 Å². The maximum atomic E-state index is 13.5. The van der Waals surface area contributed by atoms with E-state index in [-0.39, 0.29) is 46.7 Å². The van der Waals surface area contributed by atoms with Crippen LogP contribution in [0.4, 0.5) is 0 Å². The highest BCUT2D eigenvalue weighted by molar-refractivity contribution is 7.86. The summed E-state index contributed by atoms with van der Waals surface area (Å²) < 4.78 is 41.5. The van der Waals surface area contributed by atoms with Crippen LogP contribution in [0.5, 0.6) is 11.5 Å². The van der Waals surface area contributed by atoms with E-state index in [0.29, 0.717) is 0 Å². The molecule has 12 nitrogen and oxygen atoms in total. The summed E-state index contributed by atoms with van der Waals surface area (Å²) in [5.74, 6) is -3.14. The third-order valence-corrected chi connectivity index (χ3v) is 9.20. The molecule has 0 aromatic heterocycles. The first-order valence-electron chi connectivity index (χ1n) is 13.7. The van der Waals surface area contributed by atoms with E-state index in [4.69, 9.17) is 13.7 Å². The molecule has 224 valence electrons. The van der Waals surface area contributed by atoms with Crippen molar-refractivity contribution in [2.45, 2.75) is 69.4 Å². The topological polar surface area (TPSA) is 177 Å². The monoisotopic (exact) mass is 601 g/mol. The van der Waals surface area contributed by atoms with Crippen molar-refractivity contribution in [1.82, 2.24) is 4.90 Å². The number of fused-ring (bicyclic) bond motifs is 3. The molecule has 2 aromatic rings. The minimum absolute atomic E-state index is 0.0215. The van der Waals surface area contributed by atoms with Crippen LogP contribution < -0.4 is 0 Å². The average molecular weight is 602 g/mol. The van der Waals surface area contributed by atoms with Crippen molar-refractivity contribution < 1.29 is 51.8 Å². The fourth-order valence-corrected chi connectivity index (χ4v) is 7.13. The molecule has 0 radical (unpaired) electrons. The van der Waals surface area contributed by atoms with E-state index in [2.05, 4.69) is 0 Å². The number of ketones is 3. The number of ether oxygens (including phenoxy) is 2. The Morgan fingerprint density at radius 3 is 2.21 bits per heavy atom. The van der Waals surface area contributed by atoms with Crippen LogP contribution in [0.3, 0.4) is 0 Å². The third kappa shape index (κ3) is 4.74. The van der Waals surface area contributed by atoms with Crippen LogP contribution in [0.1, 0.15) is 75.8 Å². The number of hydrogen-bond donors (Lipinski definition) is 3. The van der Waals surface area contributed by atoms with E-state index >= 15 is 0 Å². The molecule has 6 atom stereocenters. The van der Waals surface area contributed by atoms with E-state index in [1.54, 1.807) is 19.1 Å². The molecule has 4 aliphatic rings. The van der Waals surface area contributed by atoms with Gasteiger partial charge in [-0.05, 0) is 13.8 Å². The van der Waals surface area contributed by atoms with E-state index in [1.807, 2.05) is 4.90 Å². The van der Waals surface area contributed by atoms with Crippen molar-refractivity contribution in [2.75, 3.05) is 19.3 Å². The molecule has 0 spiro atoms. The molecule has 13 heteroatoms. The second-order valence-corrected chi connectivity index (χ2v) is 13.1. The number of phenols is 2. The SMILES string of the molecule is CC(=O)[C@]1(O)Cc2c(O)c3c(c(O)c2[C@@H](O[C@@H]2C[C@H](N4CC4)[C@H](OS(C)(=O)=O)[C@H](C)O2)C1)C(=O)c1ccccc1C3=O. The molecule has 42 heavy (non-hydrogen) atoms. The summed E-state index contributed by atoms with van der Waals surface area (Å²) in [4.78, 5) is 41.6. The van der Waals surface area contributed by atoms with Gasteiger partial charge in [0.2, 0.25) is 0 Å². The Labute approximate surface area is 241 Å². The fourth-order valence-electron chi connectivity index (χ4n) is 6.44. The van der Waals surface area contributed by atoms with Gasteiger partial charge in [0.25, 0.3) is 10.1 Å². The Morgan fingerprint density at radius 1 is 1.07 bits per heavy atom. The highest BCUT2D eigenvalue weighted by Crippen LogP contribution is 2.52. The van der Waals surface area contributed by atoms with Crippen molar-refractivity contribution in [2.24, 2.45) is 0 Å². The van der Waals surface area contributed by atoms with Gasteiger partial charge >= 0.3 is 0 Å². The van der Waals surface area contributed by atoms with Crippen LogP contribution in [0, 0.1) is 0 Å². The first kappa shape index (κ1) is 28.9. The maximum Gasteiger partial charge on any atom is 0.264 e. The molecule has 2 aliphatic heterocycles. The lowest BCUT2D eigenvalue weighted by molar-refractivity contribution is -0.250. The molecule has 0 saturated carbocycles. The lowest BCUT2D eigenvalue weighted by atomic mass is 9.72. The van der Waals surface area contributed by atoms with Crippen LogP contribution in [-0.2, 0) is 35.0 Å². The molecule has 0 bridgehead atoms. The first-order chi connectivity index (χ1) is 19.7. The van der Waals surface area contributed by atoms with E-state index in [0.717, 1.165) is 19.3 Å². The number of hydrogen-bond acceptors (Lipinski definition) is 12. The number of carbonyl (C=O) groups excluding carboxylic acids is 3. The van der Waals surface area contributed by atoms with Gasteiger partial charge in [0.05, 0.1) is 29.6 Å². The van der Waals surface area contributed by atoms with Crippen LogP contribution in [-0.4, -0.2) is 95.5 Å². The highest BCUT2D eigenvalue weighted by Gasteiger charge is 2.50. The third-order valence-electron chi connectivity index (χ3n) is 8.62. The van der Waals surface area contributed by atoms with Crippen molar-refractivity contribution in [1.29, 1.82) is 0 Å². The molecule has 2 saturated heterocycles. The number of carbonyl (C=O) groups is 3. The standard InChI is InChI=1S/C29H31NO11S/c1-13-28(41-42(3,37)38)18(30-8-9-30)10-20(39-13)40-19-12-29(36,14(2)31)11-17-21(19)27(35)23-22(26(17)34)24(32)15-6-4-5-7-16(15)25(23)33/h4-7,13,18-20,28,34-36H,8-12H2,1-3H3/t13-,18-,19-,20+,28+,29-/m0/s1. The average Bonchev–Trinajstić information content (AvgIpc) is 3.75. The molecule has 0 unspecified atom stereocenters. The Morgan fingerprint density at radius 2 is 1.67 bits per heavy atom. The largest absolute Gasteiger partial charge is 0.507 e.